The molecule has 0 radical (unpaired) electrons. The van der Waals surface area contributed by atoms with Crippen molar-refractivity contribution in [2.75, 3.05) is 0 Å². The first-order chi connectivity index (χ1) is 12.6. The summed E-state index contributed by atoms with van der Waals surface area (Å²) in [4.78, 5) is 17.0. The van der Waals surface area contributed by atoms with E-state index >= 15 is 0 Å². The van der Waals surface area contributed by atoms with E-state index in [-0.39, 0.29) is 0 Å². The third-order valence-corrected chi connectivity index (χ3v) is 4.73. The Bertz CT molecular complexity index is 722. The fraction of sp³-hybridized carbons (Fsp3) is 0.333. The number of hydrogen-bond acceptors (Lipinski definition) is 3. The molecule has 0 spiro atoms. The fourth-order valence-corrected chi connectivity index (χ4v) is 3.05. The van der Waals surface area contributed by atoms with Gasteiger partial charge in [-0.25, -0.2) is 4.79 Å². The van der Waals surface area contributed by atoms with Gasteiger partial charge in [0, 0.05) is 5.56 Å². The highest BCUT2D eigenvalue weighted by atomic mass is 35.5. The van der Waals surface area contributed by atoms with Gasteiger partial charge in [-0.15, -0.1) is 0 Å². The van der Waals surface area contributed by atoms with Crippen molar-refractivity contribution in [2.24, 2.45) is 5.16 Å². The number of halogens is 2. The maximum atomic E-state index is 12.0. The van der Waals surface area contributed by atoms with E-state index in [1.165, 1.54) is 43.9 Å². The van der Waals surface area contributed by atoms with Crippen LogP contribution in [0, 0.1) is 0 Å². The number of hydrogen-bond donors (Lipinski definition) is 0. The van der Waals surface area contributed by atoms with E-state index in [0.717, 1.165) is 6.42 Å². The van der Waals surface area contributed by atoms with Crippen LogP contribution in [0.1, 0.15) is 60.5 Å². The van der Waals surface area contributed by atoms with Gasteiger partial charge in [-0.1, -0.05) is 79.2 Å². The molecule has 138 valence electrons. The summed E-state index contributed by atoms with van der Waals surface area (Å²) in [5.41, 5.74) is 2.20. The van der Waals surface area contributed by atoms with Gasteiger partial charge in [-0.2, -0.15) is 0 Å². The summed E-state index contributed by atoms with van der Waals surface area (Å²) in [6.45, 7) is 2.21. The third-order valence-electron chi connectivity index (χ3n) is 4.08. The van der Waals surface area contributed by atoms with Crippen molar-refractivity contribution in [3.8, 4) is 0 Å². The maximum Gasteiger partial charge on any atom is 0.365 e. The predicted molar refractivity (Wildman–Crippen MR) is 108 cm³/mol. The topological polar surface area (TPSA) is 38.7 Å². The summed E-state index contributed by atoms with van der Waals surface area (Å²) in [5, 5.41) is 4.59. The minimum absolute atomic E-state index is 0.445. The summed E-state index contributed by atoms with van der Waals surface area (Å²) in [5.74, 6) is -0.515. The summed E-state index contributed by atoms with van der Waals surface area (Å²) in [6.07, 6.45) is 8.63. The van der Waals surface area contributed by atoms with Gasteiger partial charge in [0.25, 0.3) is 0 Å². The highest BCUT2D eigenvalue weighted by Crippen LogP contribution is 2.22. The van der Waals surface area contributed by atoms with E-state index in [1.54, 1.807) is 30.3 Å². The molecule has 26 heavy (non-hydrogen) atoms. The monoisotopic (exact) mass is 391 g/mol. The van der Waals surface area contributed by atoms with Gasteiger partial charge in [0.15, 0.2) is 0 Å². The molecule has 2 aromatic rings. The lowest BCUT2D eigenvalue weighted by atomic mass is 10.0. The van der Waals surface area contributed by atoms with Crippen molar-refractivity contribution in [3.05, 3.63) is 69.2 Å². The lowest BCUT2D eigenvalue weighted by Gasteiger charge is -2.03. The summed E-state index contributed by atoms with van der Waals surface area (Å²) < 4.78 is 0. The van der Waals surface area contributed by atoms with E-state index in [0.29, 0.717) is 21.2 Å². The number of carbonyl (C=O) groups excluding carboxylic acids is 1. The zero-order valence-corrected chi connectivity index (χ0v) is 16.4. The molecular formula is C21H23Cl2NO2. The third kappa shape index (κ3) is 6.47. The minimum Gasteiger partial charge on any atom is -0.313 e. The SMILES string of the molecule is CCCCCCCc1ccc(C(=O)O/N=C\c2c(Cl)cccc2Cl)cc1. The standard InChI is InChI=1S/C21H23Cl2NO2/c1-2-3-4-5-6-8-16-11-13-17(14-12-16)21(25)26-24-15-18-19(22)9-7-10-20(18)23/h7,9-15H,2-6,8H2,1H3/b24-15-. The van der Waals surface area contributed by atoms with Crippen LogP contribution in [0.2, 0.25) is 10.0 Å². The van der Waals surface area contributed by atoms with Gasteiger partial charge in [0.05, 0.1) is 21.8 Å². The normalized spacial score (nSPS) is 11.0. The van der Waals surface area contributed by atoms with Crippen molar-refractivity contribution >= 4 is 35.4 Å². The number of carbonyl (C=O) groups is 1. The van der Waals surface area contributed by atoms with Crippen LogP contribution >= 0.6 is 23.2 Å². The first kappa shape index (κ1) is 20.5. The zero-order valence-electron chi connectivity index (χ0n) is 14.9. The van der Waals surface area contributed by atoms with Crippen molar-refractivity contribution in [2.45, 2.75) is 45.4 Å². The van der Waals surface area contributed by atoms with Crippen molar-refractivity contribution in [3.63, 3.8) is 0 Å². The smallest absolute Gasteiger partial charge is 0.313 e. The van der Waals surface area contributed by atoms with Crippen molar-refractivity contribution in [1.82, 2.24) is 0 Å². The van der Waals surface area contributed by atoms with Gasteiger partial charge < -0.3 is 4.84 Å². The molecule has 2 aromatic carbocycles. The van der Waals surface area contributed by atoms with Crippen LogP contribution in [-0.2, 0) is 11.3 Å². The molecule has 0 N–H and O–H groups in total. The quantitative estimate of drug-likeness (QED) is 0.206. The second-order valence-corrected chi connectivity index (χ2v) is 6.92. The van der Waals surface area contributed by atoms with E-state index < -0.39 is 5.97 Å². The van der Waals surface area contributed by atoms with E-state index in [2.05, 4.69) is 12.1 Å². The minimum atomic E-state index is -0.515. The largest absolute Gasteiger partial charge is 0.365 e. The number of oxime groups is 1. The molecule has 0 bridgehead atoms. The molecule has 0 aliphatic rings. The van der Waals surface area contributed by atoms with Gasteiger partial charge in [-0.3, -0.25) is 0 Å². The van der Waals surface area contributed by atoms with Crippen molar-refractivity contribution < 1.29 is 9.63 Å². The van der Waals surface area contributed by atoms with E-state index in [1.807, 2.05) is 12.1 Å². The average Bonchev–Trinajstić information content (AvgIpc) is 2.64. The second kappa shape index (κ2) is 11.0. The van der Waals surface area contributed by atoms with Gasteiger partial charge in [0.2, 0.25) is 0 Å². The Morgan fingerprint density at radius 1 is 1.00 bits per heavy atom. The first-order valence-electron chi connectivity index (χ1n) is 8.89. The number of nitrogens with zero attached hydrogens (tertiary/aromatic N) is 1. The molecule has 5 heteroatoms. The number of rotatable bonds is 9. The van der Waals surface area contributed by atoms with E-state index in [9.17, 15) is 4.79 Å². The lowest BCUT2D eigenvalue weighted by Crippen LogP contribution is -2.01. The molecular weight excluding hydrogens is 369 g/mol. The summed E-state index contributed by atoms with van der Waals surface area (Å²) in [6, 6.07) is 12.6. The summed E-state index contributed by atoms with van der Waals surface area (Å²) in [7, 11) is 0. The lowest BCUT2D eigenvalue weighted by molar-refractivity contribution is 0.0519. The Balaban J connectivity index is 1.85. The number of aryl methyl sites for hydroxylation is 1. The Kier molecular flexibility index (Phi) is 8.66. The molecule has 0 aliphatic heterocycles. The maximum absolute atomic E-state index is 12.0. The Morgan fingerprint density at radius 3 is 2.31 bits per heavy atom. The number of unbranched alkanes of at least 4 members (excludes halogenated alkanes) is 4. The molecule has 0 unspecified atom stereocenters. The molecule has 0 heterocycles. The molecule has 0 saturated carbocycles. The number of benzene rings is 2. The molecule has 0 aliphatic carbocycles. The van der Waals surface area contributed by atoms with Gasteiger partial charge >= 0.3 is 5.97 Å². The van der Waals surface area contributed by atoms with Crippen LogP contribution in [-0.4, -0.2) is 12.2 Å². The van der Waals surface area contributed by atoms with Crippen LogP contribution in [0.15, 0.2) is 47.6 Å². The molecule has 0 amide bonds. The predicted octanol–water partition coefficient (Wildman–Crippen LogP) is 6.70. The van der Waals surface area contributed by atoms with Crippen LogP contribution in [0.25, 0.3) is 0 Å². The van der Waals surface area contributed by atoms with Crippen LogP contribution in [0.5, 0.6) is 0 Å². The fourth-order valence-electron chi connectivity index (χ4n) is 2.55. The second-order valence-electron chi connectivity index (χ2n) is 6.11. The highest BCUT2D eigenvalue weighted by molar-refractivity contribution is 6.38. The first-order valence-corrected chi connectivity index (χ1v) is 9.65. The molecule has 2 rings (SSSR count). The summed E-state index contributed by atoms with van der Waals surface area (Å²) >= 11 is 12.1. The Morgan fingerprint density at radius 2 is 1.65 bits per heavy atom. The van der Waals surface area contributed by atoms with Crippen LogP contribution < -0.4 is 0 Å². The van der Waals surface area contributed by atoms with Gasteiger partial charge in [0.1, 0.15) is 0 Å². The molecule has 0 fully saturated rings. The molecule has 0 atom stereocenters. The molecule has 0 saturated heterocycles. The van der Waals surface area contributed by atoms with E-state index in [4.69, 9.17) is 28.0 Å². The zero-order chi connectivity index (χ0) is 18.8. The van der Waals surface area contributed by atoms with Crippen molar-refractivity contribution in [1.29, 1.82) is 0 Å². The van der Waals surface area contributed by atoms with Crippen LogP contribution in [0.4, 0.5) is 0 Å². The average molecular weight is 392 g/mol. The Labute approximate surface area is 165 Å². The van der Waals surface area contributed by atoms with Gasteiger partial charge in [-0.05, 0) is 42.7 Å². The Hall–Kier alpha value is -1.84. The highest BCUT2D eigenvalue weighted by Gasteiger charge is 2.08. The molecule has 3 nitrogen and oxygen atoms in total. The van der Waals surface area contributed by atoms with Crippen LogP contribution in [0.3, 0.4) is 0 Å². The molecule has 0 aromatic heterocycles.